The van der Waals surface area contributed by atoms with Gasteiger partial charge in [-0.15, -0.1) is 0 Å². The van der Waals surface area contributed by atoms with Crippen molar-refractivity contribution in [3.05, 3.63) is 87.9 Å². The number of ketones is 1. The van der Waals surface area contributed by atoms with Crippen molar-refractivity contribution in [3.8, 4) is 0 Å². The number of hydrogen-bond acceptors (Lipinski definition) is 2. The first-order valence-electron chi connectivity index (χ1n) is 8.05. The molecule has 124 valence electrons. The second kappa shape index (κ2) is 6.69. The highest BCUT2D eigenvalue weighted by Gasteiger charge is 2.12. The van der Waals surface area contributed by atoms with Gasteiger partial charge in [0.1, 0.15) is 5.65 Å². The highest BCUT2D eigenvalue weighted by Crippen LogP contribution is 2.20. The zero-order chi connectivity index (χ0) is 17.2. The van der Waals surface area contributed by atoms with Crippen LogP contribution in [-0.2, 0) is 12.8 Å². The van der Waals surface area contributed by atoms with E-state index in [1.54, 1.807) is 6.20 Å². The maximum atomic E-state index is 12.5. The number of H-pyrrole nitrogens is 2. The van der Waals surface area contributed by atoms with Gasteiger partial charge >= 0.3 is 0 Å². The molecule has 3 aromatic heterocycles. The number of pyridine rings is 1. The molecular formula is C20H16BrN3O. The van der Waals surface area contributed by atoms with Gasteiger partial charge in [0.05, 0.1) is 0 Å². The second-order valence-corrected chi connectivity index (χ2v) is 6.88. The molecule has 25 heavy (non-hydrogen) atoms. The maximum absolute atomic E-state index is 12.5. The zero-order valence-electron chi connectivity index (χ0n) is 13.4. The molecule has 0 bridgehead atoms. The molecule has 0 spiro atoms. The fraction of sp³-hybridized carbons (Fsp3) is 0.100. The molecule has 4 rings (SSSR count). The quantitative estimate of drug-likeness (QED) is 0.484. The third-order valence-corrected chi connectivity index (χ3v) is 4.86. The summed E-state index contributed by atoms with van der Waals surface area (Å²) in [6.45, 7) is 0. The topological polar surface area (TPSA) is 61.5 Å². The summed E-state index contributed by atoms with van der Waals surface area (Å²) in [5.41, 5.74) is 4.71. The second-order valence-electron chi connectivity index (χ2n) is 6.03. The van der Waals surface area contributed by atoms with Crippen LogP contribution < -0.4 is 0 Å². The standard InChI is InChI=1S/C20H16BrN3O/c21-18-6-2-1-5-17(18)19(25)9-13-8-14-10-16(24-20(14)23-12-13)11-15-4-3-7-22-15/h1-8,10,12,22H,9,11H2,(H,23,24). The molecule has 3 heterocycles. The van der Waals surface area contributed by atoms with Crippen molar-refractivity contribution in [2.24, 2.45) is 0 Å². The molecule has 5 heteroatoms. The summed E-state index contributed by atoms with van der Waals surface area (Å²) < 4.78 is 0.823. The Morgan fingerprint density at radius 1 is 1.08 bits per heavy atom. The van der Waals surface area contributed by atoms with Gasteiger partial charge in [-0.2, -0.15) is 0 Å². The van der Waals surface area contributed by atoms with Gasteiger partial charge in [-0.1, -0.05) is 34.1 Å². The molecule has 2 N–H and O–H groups in total. The molecule has 4 aromatic rings. The molecule has 0 atom stereocenters. The number of aromatic amines is 2. The third-order valence-electron chi connectivity index (χ3n) is 4.16. The van der Waals surface area contributed by atoms with Gasteiger partial charge in [0.25, 0.3) is 0 Å². The van der Waals surface area contributed by atoms with E-state index < -0.39 is 0 Å². The van der Waals surface area contributed by atoms with Crippen molar-refractivity contribution in [1.82, 2.24) is 15.0 Å². The number of carbonyl (C=O) groups is 1. The van der Waals surface area contributed by atoms with E-state index in [0.717, 1.165) is 38.9 Å². The molecule has 0 aliphatic heterocycles. The summed E-state index contributed by atoms with van der Waals surface area (Å²) in [5.74, 6) is 0.0794. The molecule has 4 nitrogen and oxygen atoms in total. The van der Waals surface area contributed by atoms with Gasteiger partial charge in [0.15, 0.2) is 5.78 Å². The van der Waals surface area contributed by atoms with E-state index in [2.05, 4.69) is 43.0 Å². The SMILES string of the molecule is O=C(Cc1cnc2[nH]c(Cc3ccc[nH]3)cc2c1)c1ccccc1Br. The molecule has 0 saturated carbocycles. The van der Waals surface area contributed by atoms with E-state index in [-0.39, 0.29) is 5.78 Å². The molecule has 0 fully saturated rings. The molecule has 0 radical (unpaired) electrons. The third kappa shape index (κ3) is 3.42. The normalized spacial score (nSPS) is 11.1. The molecule has 0 saturated heterocycles. The largest absolute Gasteiger partial charge is 0.365 e. The Kier molecular flexibility index (Phi) is 4.24. The van der Waals surface area contributed by atoms with Crippen molar-refractivity contribution < 1.29 is 4.79 Å². The van der Waals surface area contributed by atoms with Crippen LogP contribution in [0.25, 0.3) is 11.0 Å². The monoisotopic (exact) mass is 393 g/mol. The van der Waals surface area contributed by atoms with Crippen molar-refractivity contribution in [2.75, 3.05) is 0 Å². The Labute approximate surface area is 153 Å². The Bertz CT molecular complexity index is 1030. The Morgan fingerprint density at radius 2 is 1.96 bits per heavy atom. The van der Waals surface area contributed by atoms with Crippen LogP contribution >= 0.6 is 15.9 Å². The van der Waals surface area contributed by atoms with Crippen LogP contribution in [0.3, 0.4) is 0 Å². The van der Waals surface area contributed by atoms with Crippen molar-refractivity contribution in [3.63, 3.8) is 0 Å². The van der Waals surface area contributed by atoms with Crippen LogP contribution in [0.15, 0.2) is 65.4 Å². The summed E-state index contributed by atoms with van der Waals surface area (Å²) in [7, 11) is 0. The first-order valence-corrected chi connectivity index (χ1v) is 8.85. The molecule has 0 aliphatic carbocycles. The molecule has 0 aliphatic rings. The Balaban J connectivity index is 1.56. The van der Waals surface area contributed by atoms with E-state index in [9.17, 15) is 4.79 Å². The number of halogens is 1. The molecular weight excluding hydrogens is 378 g/mol. The number of fused-ring (bicyclic) bond motifs is 1. The average Bonchev–Trinajstić information content (AvgIpc) is 3.24. The van der Waals surface area contributed by atoms with Crippen molar-refractivity contribution >= 4 is 32.7 Å². The highest BCUT2D eigenvalue weighted by atomic mass is 79.9. The average molecular weight is 394 g/mol. The fourth-order valence-corrected chi connectivity index (χ4v) is 3.47. The van der Waals surface area contributed by atoms with Crippen LogP contribution in [0.4, 0.5) is 0 Å². The molecule has 0 unspecified atom stereocenters. The predicted octanol–water partition coefficient (Wildman–Crippen LogP) is 4.67. The van der Waals surface area contributed by atoms with Crippen molar-refractivity contribution in [2.45, 2.75) is 12.8 Å². The predicted molar refractivity (Wildman–Crippen MR) is 102 cm³/mol. The van der Waals surface area contributed by atoms with Gasteiger partial charge in [0.2, 0.25) is 0 Å². The van der Waals surface area contributed by atoms with Gasteiger partial charge in [-0.05, 0) is 35.9 Å². The number of benzene rings is 1. The minimum absolute atomic E-state index is 0.0794. The summed E-state index contributed by atoms with van der Waals surface area (Å²) in [4.78, 5) is 23.5. The van der Waals surface area contributed by atoms with Gasteiger partial charge in [-0.3, -0.25) is 4.79 Å². The Hall–Kier alpha value is -2.66. The van der Waals surface area contributed by atoms with Crippen molar-refractivity contribution in [1.29, 1.82) is 0 Å². The number of aromatic nitrogens is 3. The van der Waals surface area contributed by atoms with E-state index in [1.807, 2.05) is 42.6 Å². The highest BCUT2D eigenvalue weighted by molar-refractivity contribution is 9.10. The van der Waals surface area contributed by atoms with Crippen LogP contribution in [0, 0.1) is 0 Å². The first-order chi connectivity index (χ1) is 12.2. The summed E-state index contributed by atoms with van der Waals surface area (Å²) >= 11 is 3.44. The number of hydrogen-bond donors (Lipinski definition) is 2. The van der Waals surface area contributed by atoms with Crippen LogP contribution in [-0.4, -0.2) is 20.7 Å². The van der Waals surface area contributed by atoms with Gasteiger partial charge in [-0.25, -0.2) is 4.98 Å². The summed E-state index contributed by atoms with van der Waals surface area (Å²) in [5, 5.41) is 1.03. The van der Waals surface area contributed by atoms with Crippen LogP contribution in [0.1, 0.15) is 27.3 Å². The summed E-state index contributed by atoms with van der Waals surface area (Å²) in [6, 6.07) is 15.7. The van der Waals surface area contributed by atoms with E-state index in [1.165, 1.54) is 0 Å². The fourth-order valence-electron chi connectivity index (χ4n) is 2.96. The van der Waals surface area contributed by atoms with E-state index in [4.69, 9.17) is 0 Å². The summed E-state index contributed by atoms with van der Waals surface area (Å²) in [6.07, 6.45) is 4.82. The van der Waals surface area contributed by atoms with E-state index >= 15 is 0 Å². The minimum atomic E-state index is 0.0794. The van der Waals surface area contributed by atoms with E-state index in [0.29, 0.717) is 12.0 Å². The molecule has 0 amide bonds. The smallest absolute Gasteiger partial charge is 0.168 e. The number of rotatable bonds is 5. The number of Topliss-reactive ketones (excluding diaryl/α,β-unsaturated/α-hetero) is 1. The van der Waals surface area contributed by atoms with Crippen LogP contribution in [0.5, 0.6) is 0 Å². The number of nitrogens with one attached hydrogen (secondary N) is 2. The zero-order valence-corrected chi connectivity index (χ0v) is 15.0. The van der Waals surface area contributed by atoms with Gasteiger partial charge < -0.3 is 9.97 Å². The lowest BCUT2D eigenvalue weighted by Crippen LogP contribution is -2.04. The lowest BCUT2D eigenvalue weighted by atomic mass is 10.0. The Morgan fingerprint density at radius 3 is 2.76 bits per heavy atom. The lowest BCUT2D eigenvalue weighted by molar-refractivity contribution is 0.0992. The number of carbonyl (C=O) groups excluding carboxylic acids is 1. The maximum Gasteiger partial charge on any atom is 0.168 e. The molecule has 1 aromatic carbocycles. The van der Waals surface area contributed by atoms with Crippen LogP contribution in [0.2, 0.25) is 0 Å². The first kappa shape index (κ1) is 15.8. The minimum Gasteiger partial charge on any atom is -0.365 e. The van der Waals surface area contributed by atoms with Gasteiger partial charge in [0, 0.05) is 52.0 Å². The number of nitrogens with zero attached hydrogens (tertiary/aromatic N) is 1. The lowest BCUT2D eigenvalue weighted by Gasteiger charge is -2.03.